The molecule has 0 amide bonds. The maximum absolute atomic E-state index is 14.0. The molecule has 1 saturated heterocycles. The highest BCUT2D eigenvalue weighted by molar-refractivity contribution is 5.53. The van der Waals surface area contributed by atoms with E-state index >= 15 is 0 Å². The van der Waals surface area contributed by atoms with Crippen LogP contribution in [0.2, 0.25) is 0 Å². The third kappa shape index (κ3) is 2.31. The molecule has 0 spiro atoms. The number of halogens is 2. The molecule has 1 fully saturated rings. The van der Waals surface area contributed by atoms with E-state index in [1.54, 1.807) is 6.07 Å². The fourth-order valence-electron chi connectivity index (χ4n) is 2.62. The van der Waals surface area contributed by atoms with Gasteiger partial charge < -0.3 is 4.90 Å². The van der Waals surface area contributed by atoms with Gasteiger partial charge in [0.15, 0.2) is 11.6 Å². The van der Waals surface area contributed by atoms with E-state index in [4.69, 9.17) is 5.26 Å². The standard InChI is InChI=1S/C14H16F2N2/c1-2-11-5-3-4-6-18(11)14-12(15)7-10(9-17)8-13(14)16/h7-8,11H,2-6H2,1H3. The van der Waals surface area contributed by atoms with E-state index in [-0.39, 0.29) is 17.3 Å². The summed E-state index contributed by atoms with van der Waals surface area (Å²) < 4.78 is 27.9. The maximum Gasteiger partial charge on any atom is 0.150 e. The Morgan fingerprint density at radius 3 is 2.56 bits per heavy atom. The molecule has 2 nitrogen and oxygen atoms in total. The summed E-state index contributed by atoms with van der Waals surface area (Å²) in [6.45, 7) is 2.71. The molecule has 18 heavy (non-hydrogen) atoms. The van der Waals surface area contributed by atoms with Crippen LogP contribution in [0.25, 0.3) is 0 Å². The van der Waals surface area contributed by atoms with E-state index in [1.165, 1.54) is 0 Å². The van der Waals surface area contributed by atoms with E-state index in [0.29, 0.717) is 6.54 Å². The molecule has 96 valence electrons. The van der Waals surface area contributed by atoms with E-state index in [2.05, 4.69) is 0 Å². The third-order valence-electron chi connectivity index (χ3n) is 3.53. The molecule has 1 aromatic rings. The second-order valence-electron chi connectivity index (χ2n) is 4.65. The number of nitriles is 1. The number of hydrogen-bond acceptors (Lipinski definition) is 2. The summed E-state index contributed by atoms with van der Waals surface area (Å²) in [6, 6.07) is 4.18. The van der Waals surface area contributed by atoms with Crippen LogP contribution in [0.3, 0.4) is 0 Å². The second-order valence-corrected chi connectivity index (χ2v) is 4.65. The topological polar surface area (TPSA) is 27.0 Å². The van der Waals surface area contributed by atoms with Crippen molar-refractivity contribution in [1.29, 1.82) is 5.26 Å². The van der Waals surface area contributed by atoms with Crippen LogP contribution in [0.4, 0.5) is 14.5 Å². The molecule has 4 heteroatoms. The molecule has 1 atom stereocenters. The lowest BCUT2D eigenvalue weighted by Gasteiger charge is -2.37. The molecule has 1 aliphatic rings. The summed E-state index contributed by atoms with van der Waals surface area (Å²) in [6.07, 6.45) is 3.90. The van der Waals surface area contributed by atoms with Crippen LogP contribution in [0.15, 0.2) is 12.1 Å². The third-order valence-corrected chi connectivity index (χ3v) is 3.53. The van der Waals surface area contributed by atoms with Crippen molar-refractivity contribution in [3.8, 4) is 6.07 Å². The van der Waals surface area contributed by atoms with Gasteiger partial charge in [-0.2, -0.15) is 5.26 Å². The summed E-state index contributed by atoms with van der Waals surface area (Å²) in [5.41, 5.74) is 0.0550. The number of hydrogen-bond donors (Lipinski definition) is 0. The smallest absolute Gasteiger partial charge is 0.150 e. The fraction of sp³-hybridized carbons (Fsp3) is 0.500. The minimum Gasteiger partial charge on any atom is -0.364 e. The molecule has 1 unspecified atom stereocenters. The summed E-state index contributed by atoms with van der Waals surface area (Å²) >= 11 is 0. The normalized spacial score (nSPS) is 19.7. The molecular weight excluding hydrogens is 234 g/mol. The summed E-state index contributed by atoms with van der Waals surface area (Å²) in [4.78, 5) is 1.81. The number of benzene rings is 1. The Morgan fingerprint density at radius 1 is 1.33 bits per heavy atom. The fourth-order valence-corrected chi connectivity index (χ4v) is 2.62. The molecule has 0 radical (unpaired) electrons. The summed E-state index contributed by atoms with van der Waals surface area (Å²) in [7, 11) is 0. The van der Waals surface area contributed by atoms with E-state index in [9.17, 15) is 8.78 Å². The molecule has 2 rings (SSSR count). The average Bonchev–Trinajstić information content (AvgIpc) is 2.38. The van der Waals surface area contributed by atoms with Crippen molar-refractivity contribution in [3.05, 3.63) is 29.3 Å². The Bertz CT molecular complexity index is 456. The second kappa shape index (κ2) is 5.34. The monoisotopic (exact) mass is 250 g/mol. The van der Waals surface area contributed by atoms with Crippen LogP contribution in [0.5, 0.6) is 0 Å². The Morgan fingerprint density at radius 2 is 2.00 bits per heavy atom. The largest absolute Gasteiger partial charge is 0.364 e. The highest BCUT2D eigenvalue weighted by Gasteiger charge is 2.26. The number of nitrogens with zero attached hydrogens (tertiary/aromatic N) is 2. The van der Waals surface area contributed by atoms with E-state index in [0.717, 1.165) is 37.8 Å². The van der Waals surface area contributed by atoms with Gasteiger partial charge in [-0.05, 0) is 37.8 Å². The quantitative estimate of drug-likeness (QED) is 0.801. The van der Waals surface area contributed by atoms with Crippen molar-refractivity contribution in [2.75, 3.05) is 11.4 Å². The average molecular weight is 250 g/mol. The number of piperidine rings is 1. The van der Waals surface area contributed by atoms with E-state index in [1.807, 2.05) is 11.8 Å². The molecule has 1 aromatic carbocycles. The van der Waals surface area contributed by atoms with Crippen LogP contribution in [0.1, 0.15) is 38.2 Å². The van der Waals surface area contributed by atoms with Gasteiger partial charge >= 0.3 is 0 Å². The van der Waals surface area contributed by atoms with Crippen LogP contribution in [-0.2, 0) is 0 Å². The van der Waals surface area contributed by atoms with Gasteiger partial charge in [-0.1, -0.05) is 6.92 Å². The van der Waals surface area contributed by atoms with Gasteiger partial charge in [-0.15, -0.1) is 0 Å². The zero-order valence-electron chi connectivity index (χ0n) is 10.4. The lowest BCUT2D eigenvalue weighted by molar-refractivity contribution is 0.434. The van der Waals surface area contributed by atoms with Crippen molar-refractivity contribution >= 4 is 5.69 Å². The molecule has 0 aliphatic carbocycles. The summed E-state index contributed by atoms with van der Waals surface area (Å²) in [5, 5.41) is 8.69. The minimum absolute atomic E-state index is 0.0267. The molecular formula is C14H16F2N2. The van der Waals surface area contributed by atoms with Crippen LogP contribution >= 0.6 is 0 Å². The SMILES string of the molecule is CCC1CCCCN1c1c(F)cc(C#N)cc1F. The Labute approximate surface area is 106 Å². The first kappa shape index (κ1) is 12.8. The van der Waals surface area contributed by atoms with Crippen molar-refractivity contribution in [2.45, 2.75) is 38.6 Å². The lowest BCUT2D eigenvalue weighted by Crippen LogP contribution is -2.40. The van der Waals surface area contributed by atoms with Gasteiger partial charge in [0, 0.05) is 12.6 Å². The lowest BCUT2D eigenvalue weighted by atomic mass is 9.98. The van der Waals surface area contributed by atoms with Gasteiger partial charge in [-0.3, -0.25) is 0 Å². The Hall–Kier alpha value is -1.63. The maximum atomic E-state index is 14.0. The number of anilines is 1. The molecule has 0 N–H and O–H groups in total. The van der Waals surface area contributed by atoms with E-state index < -0.39 is 11.6 Å². The van der Waals surface area contributed by atoms with Crippen molar-refractivity contribution in [3.63, 3.8) is 0 Å². The molecule has 1 heterocycles. The Balaban J connectivity index is 2.40. The van der Waals surface area contributed by atoms with Crippen LogP contribution in [-0.4, -0.2) is 12.6 Å². The molecule has 1 aliphatic heterocycles. The zero-order chi connectivity index (χ0) is 13.1. The van der Waals surface area contributed by atoms with Crippen molar-refractivity contribution in [1.82, 2.24) is 0 Å². The molecule has 0 aromatic heterocycles. The van der Waals surface area contributed by atoms with Gasteiger partial charge in [0.1, 0.15) is 5.69 Å². The van der Waals surface area contributed by atoms with Crippen molar-refractivity contribution in [2.24, 2.45) is 0 Å². The first-order chi connectivity index (χ1) is 8.67. The Kier molecular flexibility index (Phi) is 3.81. The van der Waals surface area contributed by atoms with Gasteiger partial charge in [0.05, 0.1) is 11.6 Å². The highest BCUT2D eigenvalue weighted by atomic mass is 19.1. The van der Waals surface area contributed by atoms with Gasteiger partial charge in [0.2, 0.25) is 0 Å². The first-order valence-corrected chi connectivity index (χ1v) is 6.33. The van der Waals surface area contributed by atoms with Gasteiger partial charge in [0.25, 0.3) is 0 Å². The van der Waals surface area contributed by atoms with Crippen molar-refractivity contribution < 1.29 is 8.78 Å². The molecule has 0 saturated carbocycles. The summed E-state index contributed by atoms with van der Waals surface area (Å²) in [5.74, 6) is -1.26. The zero-order valence-corrected chi connectivity index (χ0v) is 10.4. The first-order valence-electron chi connectivity index (χ1n) is 6.33. The highest BCUT2D eigenvalue weighted by Crippen LogP contribution is 2.31. The predicted molar refractivity (Wildman–Crippen MR) is 66.3 cm³/mol. The van der Waals surface area contributed by atoms with Crippen LogP contribution in [0, 0.1) is 23.0 Å². The predicted octanol–water partition coefficient (Wildman–Crippen LogP) is 3.61. The van der Waals surface area contributed by atoms with Crippen LogP contribution < -0.4 is 4.90 Å². The number of rotatable bonds is 2. The minimum atomic E-state index is -0.632. The van der Waals surface area contributed by atoms with Gasteiger partial charge in [-0.25, -0.2) is 8.78 Å². The molecule has 0 bridgehead atoms.